The first-order chi connectivity index (χ1) is 7.33. The van der Waals surface area contributed by atoms with Gasteiger partial charge in [-0.05, 0) is 61.8 Å². The quantitative estimate of drug-likeness (QED) is 0.737. The Morgan fingerprint density at radius 3 is 2.00 bits per heavy atom. The number of hydrogen-bond donors (Lipinski definition) is 2. The lowest BCUT2D eigenvalue weighted by molar-refractivity contribution is 0.475. The molecule has 0 saturated heterocycles. The molecule has 0 heterocycles. The van der Waals surface area contributed by atoms with Crippen LogP contribution < -0.4 is 5.32 Å². The lowest BCUT2D eigenvalue weighted by atomic mass is 10.1. The second kappa shape index (κ2) is 3.44. The van der Waals surface area contributed by atoms with Crippen molar-refractivity contribution in [3.63, 3.8) is 0 Å². The van der Waals surface area contributed by atoms with Gasteiger partial charge in [-0.15, -0.1) is 0 Å². The van der Waals surface area contributed by atoms with E-state index in [4.69, 9.17) is 0 Å². The predicted octanol–water partition coefficient (Wildman–Crippen LogP) is 2.99. The van der Waals surface area contributed by atoms with Crippen LogP contribution in [0.5, 0.6) is 5.75 Å². The highest BCUT2D eigenvalue weighted by Gasteiger charge is 2.41. The number of aromatic hydroxyl groups is 1. The Balaban J connectivity index is 1.69. The first kappa shape index (κ1) is 9.08. The van der Waals surface area contributed by atoms with Crippen LogP contribution in [0.25, 0.3) is 0 Å². The summed E-state index contributed by atoms with van der Waals surface area (Å²) in [5, 5.41) is 12.8. The molecule has 2 aliphatic rings. The Kier molecular flexibility index (Phi) is 2.08. The van der Waals surface area contributed by atoms with Gasteiger partial charge in [0.05, 0.1) is 0 Å². The molecule has 2 fully saturated rings. The highest BCUT2D eigenvalue weighted by atomic mass is 16.3. The maximum atomic E-state index is 9.21. The van der Waals surface area contributed by atoms with Crippen molar-refractivity contribution >= 4 is 5.69 Å². The van der Waals surface area contributed by atoms with Crippen LogP contribution in [-0.2, 0) is 0 Å². The minimum atomic E-state index is 0.343. The van der Waals surface area contributed by atoms with Gasteiger partial charge in [0.15, 0.2) is 0 Å². The lowest BCUT2D eigenvalue weighted by Gasteiger charge is -2.18. The fraction of sp³-hybridized carbons (Fsp3) is 0.538. The molecule has 0 amide bonds. The average molecular weight is 203 g/mol. The number of rotatable bonds is 4. The van der Waals surface area contributed by atoms with Crippen molar-refractivity contribution in [3.8, 4) is 5.75 Å². The van der Waals surface area contributed by atoms with E-state index in [1.807, 2.05) is 12.1 Å². The molecule has 3 rings (SSSR count). The Morgan fingerprint density at radius 2 is 1.53 bits per heavy atom. The number of phenolic OH excluding ortho intramolecular Hbond substituents is 1. The molecule has 0 aliphatic heterocycles. The molecule has 0 bridgehead atoms. The minimum Gasteiger partial charge on any atom is -0.508 e. The summed E-state index contributed by atoms with van der Waals surface area (Å²) in [5.74, 6) is 2.16. The molecular formula is C13H17NO. The number of phenols is 1. The van der Waals surface area contributed by atoms with E-state index in [1.54, 1.807) is 12.1 Å². The Morgan fingerprint density at radius 1 is 1.00 bits per heavy atom. The van der Waals surface area contributed by atoms with Crippen molar-refractivity contribution in [3.05, 3.63) is 24.3 Å². The first-order valence-corrected chi connectivity index (χ1v) is 5.88. The van der Waals surface area contributed by atoms with Gasteiger partial charge in [0.2, 0.25) is 0 Å². The van der Waals surface area contributed by atoms with Crippen molar-refractivity contribution in [1.82, 2.24) is 0 Å². The summed E-state index contributed by atoms with van der Waals surface area (Å²) in [6.07, 6.45) is 5.58. The van der Waals surface area contributed by atoms with Crippen molar-refractivity contribution in [2.24, 2.45) is 11.8 Å². The van der Waals surface area contributed by atoms with E-state index < -0.39 is 0 Å². The maximum Gasteiger partial charge on any atom is 0.115 e. The average Bonchev–Trinajstić information content (AvgIpc) is 3.11. The molecular weight excluding hydrogens is 186 g/mol. The van der Waals surface area contributed by atoms with Gasteiger partial charge >= 0.3 is 0 Å². The predicted molar refractivity (Wildman–Crippen MR) is 61.0 cm³/mol. The zero-order valence-electron chi connectivity index (χ0n) is 8.82. The highest BCUT2D eigenvalue weighted by molar-refractivity contribution is 5.47. The van der Waals surface area contributed by atoms with E-state index in [0.717, 1.165) is 17.5 Å². The van der Waals surface area contributed by atoms with Gasteiger partial charge < -0.3 is 10.4 Å². The second-order valence-electron chi connectivity index (χ2n) is 4.89. The normalized spacial score (nSPS) is 20.6. The van der Waals surface area contributed by atoms with Crippen molar-refractivity contribution in [1.29, 1.82) is 0 Å². The third-order valence-corrected chi connectivity index (χ3v) is 3.46. The van der Waals surface area contributed by atoms with Crippen LogP contribution in [0.2, 0.25) is 0 Å². The second-order valence-corrected chi connectivity index (χ2v) is 4.89. The Bertz CT molecular complexity index is 326. The van der Waals surface area contributed by atoms with E-state index in [0.29, 0.717) is 11.8 Å². The third-order valence-electron chi connectivity index (χ3n) is 3.46. The van der Waals surface area contributed by atoms with Crippen molar-refractivity contribution in [2.75, 3.05) is 5.32 Å². The van der Waals surface area contributed by atoms with Crippen LogP contribution in [0.4, 0.5) is 5.69 Å². The molecule has 2 aliphatic carbocycles. The molecule has 2 heteroatoms. The summed E-state index contributed by atoms with van der Waals surface area (Å²) in [4.78, 5) is 0. The molecule has 0 spiro atoms. The van der Waals surface area contributed by atoms with Crippen molar-refractivity contribution in [2.45, 2.75) is 31.7 Å². The van der Waals surface area contributed by atoms with Gasteiger partial charge in [-0.2, -0.15) is 0 Å². The maximum absolute atomic E-state index is 9.21. The number of benzene rings is 1. The summed E-state index contributed by atoms with van der Waals surface area (Å²) in [6, 6.07) is 8.12. The summed E-state index contributed by atoms with van der Waals surface area (Å²) in [6.45, 7) is 0. The van der Waals surface area contributed by atoms with Crippen LogP contribution in [0, 0.1) is 11.8 Å². The van der Waals surface area contributed by atoms with Gasteiger partial charge in [-0.3, -0.25) is 0 Å². The van der Waals surface area contributed by atoms with Gasteiger partial charge in [-0.25, -0.2) is 0 Å². The fourth-order valence-corrected chi connectivity index (χ4v) is 2.28. The molecule has 2 nitrogen and oxygen atoms in total. The zero-order chi connectivity index (χ0) is 10.3. The van der Waals surface area contributed by atoms with Gasteiger partial charge in [-0.1, -0.05) is 0 Å². The molecule has 0 radical (unpaired) electrons. The molecule has 2 saturated carbocycles. The molecule has 0 atom stereocenters. The summed E-state index contributed by atoms with van der Waals surface area (Å²) >= 11 is 0. The SMILES string of the molecule is Oc1ccc(NC(C2CC2)C2CC2)cc1. The highest BCUT2D eigenvalue weighted by Crippen LogP contribution is 2.45. The molecule has 2 N–H and O–H groups in total. The summed E-state index contributed by atoms with van der Waals surface area (Å²) < 4.78 is 0. The number of anilines is 1. The summed E-state index contributed by atoms with van der Waals surface area (Å²) in [5.41, 5.74) is 1.15. The van der Waals surface area contributed by atoms with E-state index >= 15 is 0 Å². The number of nitrogens with one attached hydrogen (secondary N) is 1. The smallest absolute Gasteiger partial charge is 0.115 e. The van der Waals surface area contributed by atoms with Gasteiger partial charge in [0, 0.05) is 11.7 Å². The molecule has 15 heavy (non-hydrogen) atoms. The Labute approximate surface area is 90.3 Å². The van der Waals surface area contributed by atoms with Crippen LogP contribution in [0.3, 0.4) is 0 Å². The monoisotopic (exact) mass is 203 g/mol. The molecule has 0 unspecified atom stereocenters. The van der Waals surface area contributed by atoms with Crippen LogP contribution in [-0.4, -0.2) is 11.1 Å². The van der Waals surface area contributed by atoms with Crippen LogP contribution in [0.15, 0.2) is 24.3 Å². The van der Waals surface area contributed by atoms with Crippen molar-refractivity contribution < 1.29 is 5.11 Å². The molecule has 1 aromatic rings. The topological polar surface area (TPSA) is 32.3 Å². The van der Waals surface area contributed by atoms with E-state index in [9.17, 15) is 5.11 Å². The minimum absolute atomic E-state index is 0.343. The van der Waals surface area contributed by atoms with E-state index in [1.165, 1.54) is 25.7 Å². The van der Waals surface area contributed by atoms with Gasteiger partial charge in [0.25, 0.3) is 0 Å². The van der Waals surface area contributed by atoms with Gasteiger partial charge in [0.1, 0.15) is 5.75 Å². The molecule has 0 aromatic heterocycles. The third kappa shape index (κ3) is 2.09. The van der Waals surface area contributed by atoms with E-state index in [-0.39, 0.29) is 0 Å². The van der Waals surface area contributed by atoms with Crippen LogP contribution >= 0.6 is 0 Å². The summed E-state index contributed by atoms with van der Waals surface area (Å²) in [7, 11) is 0. The fourth-order valence-electron chi connectivity index (χ4n) is 2.28. The molecule has 1 aromatic carbocycles. The number of hydrogen-bond acceptors (Lipinski definition) is 2. The zero-order valence-corrected chi connectivity index (χ0v) is 8.82. The standard InChI is InChI=1S/C13H17NO/c15-12-7-5-11(6-8-12)14-13(9-1-2-9)10-3-4-10/h5-10,13-15H,1-4H2. The largest absolute Gasteiger partial charge is 0.508 e. The first-order valence-electron chi connectivity index (χ1n) is 5.88. The Hall–Kier alpha value is -1.18. The van der Waals surface area contributed by atoms with Crippen LogP contribution in [0.1, 0.15) is 25.7 Å². The molecule has 80 valence electrons. The lowest BCUT2D eigenvalue weighted by Crippen LogP contribution is -2.24. The van der Waals surface area contributed by atoms with E-state index in [2.05, 4.69) is 5.32 Å².